The summed E-state index contributed by atoms with van der Waals surface area (Å²) >= 11 is 0. The summed E-state index contributed by atoms with van der Waals surface area (Å²) in [7, 11) is 1.89. The lowest BCUT2D eigenvalue weighted by molar-refractivity contribution is 0.0928. The van der Waals surface area contributed by atoms with Crippen LogP contribution in [-0.4, -0.2) is 38.5 Å². The largest absolute Gasteiger partial charge is 0.347 e. The fourth-order valence-corrected chi connectivity index (χ4v) is 2.76. The fraction of sp³-hybridized carbons (Fsp3) is 0.562. The third kappa shape index (κ3) is 3.79. The number of nitrogens with one attached hydrogen (secondary N) is 2. The van der Waals surface area contributed by atoms with Gasteiger partial charge in [0.2, 0.25) is 0 Å². The van der Waals surface area contributed by atoms with E-state index in [9.17, 15) is 4.79 Å². The number of aromatic amines is 1. The summed E-state index contributed by atoms with van der Waals surface area (Å²) in [5, 5.41) is 14.4. The Morgan fingerprint density at radius 2 is 2.13 bits per heavy atom. The molecule has 1 amide bonds. The lowest BCUT2D eigenvalue weighted by Gasteiger charge is -2.18. The van der Waals surface area contributed by atoms with Gasteiger partial charge in [0.15, 0.2) is 0 Å². The Hall–Kier alpha value is -2.15. The van der Waals surface area contributed by atoms with E-state index in [-0.39, 0.29) is 11.9 Å². The van der Waals surface area contributed by atoms with Crippen molar-refractivity contribution in [3.8, 4) is 11.3 Å². The molecule has 2 rings (SSSR count). The molecule has 0 spiro atoms. The van der Waals surface area contributed by atoms with Gasteiger partial charge in [-0.3, -0.25) is 14.6 Å². The van der Waals surface area contributed by atoms with Crippen LogP contribution < -0.4 is 11.1 Å². The van der Waals surface area contributed by atoms with E-state index < -0.39 is 0 Å². The molecule has 0 bridgehead atoms. The molecular formula is C16H26N6O. The van der Waals surface area contributed by atoms with Crippen molar-refractivity contribution < 1.29 is 4.79 Å². The molecule has 0 fully saturated rings. The number of carbonyl (C=O) groups is 1. The summed E-state index contributed by atoms with van der Waals surface area (Å²) in [6.45, 7) is 8.56. The first-order valence-electron chi connectivity index (χ1n) is 7.90. The summed E-state index contributed by atoms with van der Waals surface area (Å²) in [4.78, 5) is 12.4. The Morgan fingerprint density at radius 1 is 1.43 bits per heavy atom. The van der Waals surface area contributed by atoms with Gasteiger partial charge >= 0.3 is 0 Å². The summed E-state index contributed by atoms with van der Waals surface area (Å²) < 4.78 is 1.81. The molecule has 0 aliphatic rings. The Bertz CT molecular complexity index is 685. The minimum absolute atomic E-state index is 0.0314. The smallest absolute Gasteiger partial charge is 0.269 e. The summed E-state index contributed by atoms with van der Waals surface area (Å²) in [5.41, 5.74) is 9.76. The molecule has 23 heavy (non-hydrogen) atoms. The van der Waals surface area contributed by atoms with Gasteiger partial charge in [0.1, 0.15) is 5.69 Å². The number of H-pyrrole nitrogens is 1. The van der Waals surface area contributed by atoms with E-state index in [4.69, 9.17) is 5.73 Å². The van der Waals surface area contributed by atoms with Crippen LogP contribution in [0.2, 0.25) is 0 Å². The number of hydrogen-bond acceptors (Lipinski definition) is 4. The topological polar surface area (TPSA) is 102 Å². The number of amides is 1. The molecule has 1 atom stereocenters. The van der Waals surface area contributed by atoms with Crippen LogP contribution >= 0.6 is 0 Å². The van der Waals surface area contributed by atoms with Crippen LogP contribution in [-0.2, 0) is 7.05 Å². The summed E-state index contributed by atoms with van der Waals surface area (Å²) in [5.74, 6) is 0.293. The molecule has 0 aliphatic carbocycles. The van der Waals surface area contributed by atoms with E-state index in [2.05, 4.69) is 34.5 Å². The highest BCUT2D eigenvalue weighted by Crippen LogP contribution is 2.25. The minimum Gasteiger partial charge on any atom is -0.347 e. The fourth-order valence-electron chi connectivity index (χ4n) is 2.76. The molecule has 7 nitrogen and oxygen atoms in total. The molecule has 0 radical (unpaired) electrons. The molecule has 0 aliphatic heterocycles. The molecule has 4 N–H and O–H groups in total. The van der Waals surface area contributed by atoms with Crippen molar-refractivity contribution in [1.29, 1.82) is 0 Å². The average molecular weight is 318 g/mol. The first-order valence-corrected chi connectivity index (χ1v) is 7.90. The maximum absolute atomic E-state index is 12.4. The van der Waals surface area contributed by atoms with Crippen molar-refractivity contribution in [3.05, 3.63) is 23.1 Å². The predicted molar refractivity (Wildman–Crippen MR) is 90.0 cm³/mol. The number of hydrogen-bond donors (Lipinski definition) is 3. The number of carbonyl (C=O) groups excluding carboxylic acids is 1. The first kappa shape index (κ1) is 17.2. The SMILES string of the molecule is Cc1nn(C)c(C)c1-c1cc(C(=O)NC(CN)CC(C)C)[nH]n1. The van der Waals surface area contributed by atoms with Crippen LogP contribution in [0.5, 0.6) is 0 Å². The lowest BCUT2D eigenvalue weighted by atomic mass is 10.0. The van der Waals surface area contributed by atoms with E-state index in [1.807, 2.05) is 25.6 Å². The van der Waals surface area contributed by atoms with Crippen molar-refractivity contribution in [2.24, 2.45) is 18.7 Å². The lowest BCUT2D eigenvalue weighted by Crippen LogP contribution is -2.41. The molecule has 0 saturated carbocycles. The second-order valence-corrected chi connectivity index (χ2v) is 6.37. The molecule has 2 aromatic rings. The van der Waals surface area contributed by atoms with Crippen molar-refractivity contribution in [1.82, 2.24) is 25.3 Å². The van der Waals surface area contributed by atoms with Crippen molar-refractivity contribution in [2.45, 2.75) is 40.2 Å². The monoisotopic (exact) mass is 318 g/mol. The van der Waals surface area contributed by atoms with Gasteiger partial charge in [-0.15, -0.1) is 0 Å². The van der Waals surface area contributed by atoms with Gasteiger partial charge in [-0.2, -0.15) is 10.2 Å². The van der Waals surface area contributed by atoms with Crippen molar-refractivity contribution in [3.63, 3.8) is 0 Å². The molecule has 0 aromatic carbocycles. The quantitative estimate of drug-likeness (QED) is 0.751. The highest BCUT2D eigenvalue weighted by Gasteiger charge is 2.19. The van der Waals surface area contributed by atoms with Gasteiger partial charge in [0.25, 0.3) is 5.91 Å². The summed E-state index contributed by atoms with van der Waals surface area (Å²) in [6.07, 6.45) is 0.851. The number of nitrogens with zero attached hydrogens (tertiary/aromatic N) is 3. The third-order valence-corrected chi connectivity index (χ3v) is 3.96. The number of aryl methyl sites for hydroxylation is 2. The zero-order valence-electron chi connectivity index (χ0n) is 14.5. The Morgan fingerprint density at radius 3 is 2.65 bits per heavy atom. The average Bonchev–Trinajstić information content (AvgIpc) is 3.03. The Kier molecular flexibility index (Phi) is 5.20. The van der Waals surface area contributed by atoms with Crippen LogP contribution in [0.25, 0.3) is 11.3 Å². The zero-order valence-corrected chi connectivity index (χ0v) is 14.5. The molecule has 1 unspecified atom stereocenters. The van der Waals surface area contributed by atoms with Crippen molar-refractivity contribution in [2.75, 3.05) is 6.54 Å². The van der Waals surface area contributed by atoms with Crippen LogP contribution in [0.3, 0.4) is 0 Å². The molecule has 7 heteroatoms. The van der Waals surface area contributed by atoms with E-state index >= 15 is 0 Å². The molecule has 2 heterocycles. The number of rotatable bonds is 6. The van der Waals surface area contributed by atoms with Gasteiger partial charge in [0, 0.05) is 30.9 Å². The second kappa shape index (κ2) is 6.95. The highest BCUT2D eigenvalue weighted by molar-refractivity contribution is 5.93. The molecule has 0 saturated heterocycles. The maximum Gasteiger partial charge on any atom is 0.269 e. The Balaban J connectivity index is 2.17. The van der Waals surface area contributed by atoms with Gasteiger partial charge in [-0.05, 0) is 32.3 Å². The zero-order chi connectivity index (χ0) is 17.1. The van der Waals surface area contributed by atoms with Gasteiger partial charge < -0.3 is 11.1 Å². The van der Waals surface area contributed by atoms with E-state index in [1.165, 1.54) is 0 Å². The molecule has 126 valence electrons. The van der Waals surface area contributed by atoms with E-state index in [0.29, 0.717) is 18.2 Å². The number of aromatic nitrogens is 4. The van der Waals surface area contributed by atoms with E-state index in [0.717, 1.165) is 29.1 Å². The normalized spacial score (nSPS) is 12.7. The predicted octanol–water partition coefficient (Wildman–Crippen LogP) is 1.53. The second-order valence-electron chi connectivity index (χ2n) is 6.37. The van der Waals surface area contributed by atoms with Crippen LogP contribution in [0.1, 0.15) is 42.1 Å². The maximum atomic E-state index is 12.4. The van der Waals surface area contributed by atoms with Gasteiger partial charge in [-0.25, -0.2) is 0 Å². The van der Waals surface area contributed by atoms with Crippen LogP contribution in [0.15, 0.2) is 6.07 Å². The number of nitrogens with two attached hydrogens (primary N) is 1. The van der Waals surface area contributed by atoms with Gasteiger partial charge in [-0.1, -0.05) is 13.8 Å². The van der Waals surface area contributed by atoms with Crippen molar-refractivity contribution >= 4 is 5.91 Å². The Labute approximate surface area is 136 Å². The van der Waals surface area contributed by atoms with Crippen LogP contribution in [0.4, 0.5) is 0 Å². The van der Waals surface area contributed by atoms with Crippen LogP contribution in [0, 0.1) is 19.8 Å². The molecular weight excluding hydrogens is 292 g/mol. The van der Waals surface area contributed by atoms with E-state index in [1.54, 1.807) is 6.07 Å². The minimum atomic E-state index is -0.181. The standard InChI is InChI=1S/C16H26N6O/c1-9(2)6-12(8-17)18-16(23)14-7-13(19-20-14)15-10(3)21-22(5)11(15)4/h7,9,12H,6,8,17H2,1-5H3,(H,18,23)(H,19,20). The van der Waals surface area contributed by atoms with Gasteiger partial charge in [0.05, 0.1) is 11.4 Å². The highest BCUT2D eigenvalue weighted by atomic mass is 16.2. The molecule has 2 aromatic heterocycles. The first-order chi connectivity index (χ1) is 10.8. The third-order valence-electron chi connectivity index (χ3n) is 3.96. The summed E-state index contributed by atoms with van der Waals surface area (Å²) in [6, 6.07) is 1.73.